The zero-order valence-electron chi connectivity index (χ0n) is 20.1. The number of hydrogen-bond acceptors (Lipinski definition) is 4. The first-order chi connectivity index (χ1) is 16.3. The number of benzene rings is 2. The molecule has 0 radical (unpaired) electrons. The van der Waals surface area contributed by atoms with Crippen LogP contribution in [0.1, 0.15) is 12.5 Å². The van der Waals surface area contributed by atoms with Gasteiger partial charge in [0.15, 0.2) is 11.6 Å². The summed E-state index contributed by atoms with van der Waals surface area (Å²) in [6.07, 6.45) is 1.56. The van der Waals surface area contributed by atoms with Crippen LogP contribution >= 0.6 is 0 Å². The molecule has 10 heteroatoms. The van der Waals surface area contributed by atoms with Crippen molar-refractivity contribution in [2.45, 2.75) is 26.6 Å². The highest BCUT2D eigenvalue weighted by Gasteiger charge is 2.16. The number of sulfonamides is 1. The number of anilines is 1. The van der Waals surface area contributed by atoms with Crippen molar-refractivity contribution in [1.29, 1.82) is 0 Å². The van der Waals surface area contributed by atoms with Crippen LogP contribution in [0.15, 0.2) is 53.5 Å². The topological polar surface area (TPSA) is 77.4 Å². The number of ether oxygens (including phenoxy) is 1. The maximum absolute atomic E-state index is 14.3. The van der Waals surface area contributed by atoms with E-state index in [1.54, 1.807) is 19.3 Å². The third-order valence-corrected chi connectivity index (χ3v) is 7.00. The molecule has 0 saturated heterocycles. The van der Waals surface area contributed by atoms with Crippen molar-refractivity contribution in [3.8, 4) is 34.1 Å². The average Bonchev–Trinajstić information content (AvgIpc) is 2.76. The Morgan fingerprint density at radius 3 is 2.37 bits per heavy atom. The molecule has 1 N–H and O–H groups in total. The Bertz CT molecular complexity index is 1500. The molecule has 0 fully saturated rings. The summed E-state index contributed by atoms with van der Waals surface area (Å²) in [5, 5.41) is 0. The van der Waals surface area contributed by atoms with Crippen LogP contribution in [-0.2, 0) is 17.1 Å². The lowest BCUT2D eigenvalue weighted by Crippen LogP contribution is -2.21. The van der Waals surface area contributed by atoms with Crippen molar-refractivity contribution in [3.63, 3.8) is 0 Å². The van der Waals surface area contributed by atoms with Gasteiger partial charge in [-0.05, 0) is 43.3 Å². The van der Waals surface area contributed by atoms with E-state index >= 15 is 0 Å². The molecule has 0 amide bonds. The Morgan fingerprint density at radius 1 is 1.06 bits per heavy atom. The van der Waals surface area contributed by atoms with E-state index in [-0.39, 0.29) is 34.1 Å². The van der Waals surface area contributed by atoms with E-state index in [4.69, 9.17) is 4.74 Å². The average molecular weight is 517 g/mol. The van der Waals surface area contributed by atoms with Crippen molar-refractivity contribution in [3.05, 3.63) is 76.2 Å². The van der Waals surface area contributed by atoms with Crippen LogP contribution in [0.5, 0.6) is 11.5 Å². The van der Waals surface area contributed by atoms with E-state index in [2.05, 4.69) is 35.8 Å². The lowest BCUT2D eigenvalue weighted by Gasteiger charge is -2.15. The van der Waals surface area contributed by atoms with Crippen LogP contribution in [-0.4, -0.2) is 26.8 Å². The number of pyridine rings is 1. The lowest BCUT2D eigenvalue weighted by molar-refractivity contribution is 0.439. The van der Waals surface area contributed by atoms with Gasteiger partial charge in [-0.1, -0.05) is 25.6 Å². The smallest absolute Gasteiger partial charge is 0.266 e. The van der Waals surface area contributed by atoms with E-state index in [1.165, 1.54) is 29.7 Å². The van der Waals surface area contributed by atoms with Crippen LogP contribution in [0.3, 0.4) is 0 Å². The molecule has 0 aliphatic rings. The highest BCUT2D eigenvalue weighted by Crippen LogP contribution is 2.36. The number of hydrogen-bond donors (Lipinski definition) is 1. The maximum atomic E-state index is 14.3. The third-order valence-electron chi connectivity index (χ3n) is 4.81. The highest BCUT2D eigenvalue weighted by atomic mass is 32.2. The Labute approximate surface area is 204 Å². The van der Waals surface area contributed by atoms with E-state index in [1.807, 2.05) is 0 Å². The third kappa shape index (κ3) is 6.80. The summed E-state index contributed by atoms with van der Waals surface area (Å²) in [5.74, 6) is 1.17. The monoisotopic (exact) mass is 516 g/mol. The minimum Gasteiger partial charge on any atom is -0.454 e. The molecule has 6 nitrogen and oxygen atoms in total. The summed E-state index contributed by atoms with van der Waals surface area (Å²) in [6, 6.07) is 9.00. The van der Waals surface area contributed by atoms with Gasteiger partial charge in [0.05, 0.1) is 11.3 Å². The van der Waals surface area contributed by atoms with Crippen molar-refractivity contribution in [1.82, 2.24) is 4.57 Å². The fraction of sp³-hybridized carbons (Fsp3) is 0.240. The fourth-order valence-corrected chi connectivity index (χ4v) is 4.18. The standard InChI is InChI=1S/C25H26F2N2O4SSi/c1-6-34(31,32)28-20-8-10-23(33-24-9-7-19(26)14-22(24)27)21(15-20)18-13-17(11-12-35(3,4)5)25(30)29(2)16-18/h7-10,13-16,28H,6H2,1-5H3. The summed E-state index contributed by atoms with van der Waals surface area (Å²) in [4.78, 5) is 12.7. The first-order valence-electron chi connectivity index (χ1n) is 10.8. The van der Waals surface area contributed by atoms with E-state index < -0.39 is 29.7 Å². The van der Waals surface area contributed by atoms with Crippen LogP contribution in [0.4, 0.5) is 14.5 Å². The normalized spacial score (nSPS) is 11.5. The summed E-state index contributed by atoms with van der Waals surface area (Å²) < 4.78 is 61.5. The van der Waals surface area contributed by atoms with Gasteiger partial charge in [0, 0.05) is 36.1 Å². The first-order valence-corrected chi connectivity index (χ1v) is 15.9. The summed E-state index contributed by atoms with van der Waals surface area (Å²) in [6.45, 7) is 7.68. The highest BCUT2D eigenvalue weighted by molar-refractivity contribution is 7.92. The van der Waals surface area contributed by atoms with Crippen molar-refractivity contribution in [2.75, 3.05) is 10.5 Å². The summed E-state index contributed by atoms with van der Waals surface area (Å²) in [7, 11) is -3.76. The van der Waals surface area contributed by atoms with Crippen LogP contribution in [0, 0.1) is 23.1 Å². The molecule has 0 bridgehead atoms. The van der Waals surface area contributed by atoms with E-state index in [0.29, 0.717) is 17.2 Å². The van der Waals surface area contributed by atoms with Gasteiger partial charge in [0.1, 0.15) is 19.6 Å². The minimum atomic E-state index is -3.57. The molecule has 35 heavy (non-hydrogen) atoms. The number of nitrogens with zero attached hydrogens (tertiary/aromatic N) is 1. The summed E-state index contributed by atoms with van der Waals surface area (Å²) in [5.41, 5.74) is 4.31. The molecule has 2 aromatic carbocycles. The molecule has 0 atom stereocenters. The van der Waals surface area contributed by atoms with Gasteiger partial charge < -0.3 is 9.30 Å². The summed E-state index contributed by atoms with van der Waals surface area (Å²) >= 11 is 0. The second kappa shape index (κ2) is 10.1. The molecule has 3 aromatic rings. The lowest BCUT2D eigenvalue weighted by atomic mass is 10.0. The zero-order valence-corrected chi connectivity index (χ0v) is 21.9. The van der Waals surface area contributed by atoms with Crippen molar-refractivity contribution >= 4 is 23.8 Å². The largest absolute Gasteiger partial charge is 0.454 e. The van der Waals surface area contributed by atoms with E-state index in [0.717, 1.165) is 12.1 Å². The Balaban J connectivity index is 2.21. The second-order valence-corrected chi connectivity index (χ2v) is 15.7. The molecule has 3 rings (SSSR count). The second-order valence-electron chi connectivity index (χ2n) is 8.95. The number of halogens is 2. The van der Waals surface area contributed by atoms with Gasteiger partial charge in [0.25, 0.3) is 5.56 Å². The Morgan fingerprint density at radius 2 is 1.74 bits per heavy atom. The predicted molar refractivity (Wildman–Crippen MR) is 137 cm³/mol. The molecule has 0 unspecified atom stereocenters. The Hall–Kier alpha value is -3.42. The van der Waals surface area contributed by atoms with Gasteiger partial charge in [-0.25, -0.2) is 17.2 Å². The molecular weight excluding hydrogens is 490 g/mol. The van der Waals surface area contributed by atoms with Gasteiger partial charge in [-0.3, -0.25) is 9.52 Å². The number of rotatable bonds is 6. The predicted octanol–water partition coefficient (Wildman–Crippen LogP) is 5.11. The molecule has 1 heterocycles. The SMILES string of the molecule is CCS(=O)(=O)Nc1ccc(Oc2ccc(F)cc2F)c(-c2cc(C#C[Si](C)(C)C)c(=O)n(C)c2)c1. The van der Waals surface area contributed by atoms with Crippen LogP contribution < -0.4 is 15.0 Å². The Kier molecular flexibility index (Phi) is 7.52. The number of nitrogens with one attached hydrogen (secondary N) is 1. The molecule has 0 saturated carbocycles. The van der Waals surface area contributed by atoms with E-state index in [9.17, 15) is 22.0 Å². The van der Waals surface area contributed by atoms with Crippen molar-refractivity contribution in [2.24, 2.45) is 7.05 Å². The van der Waals surface area contributed by atoms with Gasteiger partial charge in [-0.2, -0.15) is 0 Å². The molecule has 1 aromatic heterocycles. The fourth-order valence-electron chi connectivity index (χ4n) is 3.04. The van der Waals surface area contributed by atoms with Crippen molar-refractivity contribution < 1.29 is 21.9 Å². The number of aromatic nitrogens is 1. The van der Waals surface area contributed by atoms with Crippen LogP contribution in [0.2, 0.25) is 19.6 Å². The minimum absolute atomic E-state index is 0.127. The molecule has 0 spiro atoms. The van der Waals surface area contributed by atoms with Gasteiger partial charge >= 0.3 is 0 Å². The molecular formula is C25H26F2N2O4SSi. The maximum Gasteiger partial charge on any atom is 0.266 e. The van der Waals surface area contributed by atoms with Gasteiger partial charge in [0.2, 0.25) is 10.0 Å². The molecule has 184 valence electrons. The van der Waals surface area contributed by atoms with Crippen LogP contribution in [0.25, 0.3) is 11.1 Å². The molecule has 0 aliphatic heterocycles. The number of aryl methyl sites for hydroxylation is 1. The first kappa shape index (κ1) is 26.2. The molecule has 0 aliphatic carbocycles. The van der Waals surface area contributed by atoms with Gasteiger partial charge in [-0.15, -0.1) is 5.54 Å². The zero-order chi connectivity index (χ0) is 26.0. The quantitative estimate of drug-likeness (QED) is 0.365.